The first-order chi connectivity index (χ1) is 2.27. The normalized spacial score (nSPS) is 5.83. The molecular weight excluding hydrogens is 332 g/mol. The summed E-state index contributed by atoms with van der Waals surface area (Å²) in [6.07, 6.45) is 0. The number of rotatable bonds is 1. The van der Waals surface area contributed by atoms with Crippen LogP contribution < -0.4 is 0 Å². The fourth-order valence-corrected chi connectivity index (χ4v) is 0. The van der Waals surface area contributed by atoms with E-state index in [1.165, 1.54) is 0 Å². The van der Waals surface area contributed by atoms with Crippen molar-refractivity contribution in [3.8, 4) is 0 Å². The Morgan fingerprint density at radius 3 is 1.67 bits per heavy atom. The summed E-state index contributed by atoms with van der Waals surface area (Å²) >= 11 is -2.78. The first-order valence-electron chi connectivity index (χ1n) is 0.783. The average Bonchev–Trinajstić information content (AvgIpc) is 1.38. The van der Waals surface area contributed by atoms with Crippen LogP contribution in [0.25, 0.3) is 0 Å². The molecule has 0 amide bonds. The van der Waals surface area contributed by atoms with Gasteiger partial charge in [0.2, 0.25) is 0 Å². The molecule has 3 nitrogen and oxygen atoms in total. The Labute approximate surface area is 93.7 Å². The van der Waals surface area contributed by atoms with Crippen molar-refractivity contribution >= 4 is 0 Å². The van der Waals surface area contributed by atoms with E-state index in [1.54, 1.807) is 0 Å². The van der Waals surface area contributed by atoms with Crippen LogP contribution in [-0.2, 0) is 55.2 Å². The minimum atomic E-state index is -3.14. The van der Waals surface area contributed by atoms with Crippen LogP contribution in [0.4, 0.5) is 0 Å². The molecule has 6 heavy (non-hydrogen) atoms. The standard InChI is InChI=1S/Nd.3O.V.Y. The second-order valence-corrected chi connectivity index (χ2v) is 3.49. The van der Waals surface area contributed by atoms with Crippen molar-refractivity contribution in [2.75, 3.05) is 0 Å². The summed E-state index contributed by atoms with van der Waals surface area (Å²) in [5, 5.41) is 0. The molecule has 0 unspecified atom stereocenters. The van der Waals surface area contributed by atoms with Gasteiger partial charge in [0.05, 0.1) is 0 Å². The van der Waals surface area contributed by atoms with Gasteiger partial charge in [-0.2, -0.15) is 0 Å². The van der Waals surface area contributed by atoms with Crippen molar-refractivity contribution in [1.29, 1.82) is 0 Å². The summed E-state index contributed by atoms with van der Waals surface area (Å²) < 4.78 is 22.5. The van der Waals surface area contributed by atoms with Gasteiger partial charge in [0, 0.05) is 40.8 Å². The van der Waals surface area contributed by atoms with Gasteiger partial charge in [-0.1, -0.05) is 0 Å². The molecule has 0 aliphatic heterocycles. The summed E-state index contributed by atoms with van der Waals surface area (Å²) in [5.41, 5.74) is 0. The van der Waals surface area contributed by atoms with E-state index in [9.17, 15) is 7.35 Å². The van der Waals surface area contributed by atoms with E-state index in [0.717, 1.165) is 0 Å². The second kappa shape index (κ2) is 7.60. The van der Waals surface area contributed by atoms with E-state index >= 15 is 0 Å². The van der Waals surface area contributed by atoms with Crippen LogP contribution in [0.1, 0.15) is 0 Å². The van der Waals surface area contributed by atoms with Crippen molar-refractivity contribution in [3.63, 3.8) is 0 Å². The van der Waals surface area contributed by atoms with Crippen molar-refractivity contribution in [3.05, 3.63) is 0 Å². The topological polar surface area (TPSA) is 43.4 Å². The van der Waals surface area contributed by atoms with E-state index in [2.05, 4.69) is 0.977 Å². The molecular formula is NdO3VY. The Hall–Kier alpha value is 2.60. The molecule has 0 aliphatic carbocycles. The molecule has 0 rings (SSSR count). The van der Waals surface area contributed by atoms with Crippen molar-refractivity contribution in [2.24, 2.45) is 0 Å². The van der Waals surface area contributed by atoms with Crippen molar-refractivity contribution < 1.29 is 96.0 Å². The molecule has 0 saturated heterocycles. The molecule has 0 aromatic heterocycles. The first kappa shape index (κ1) is 11.4. The van der Waals surface area contributed by atoms with Gasteiger partial charge >= 0.3 is 55.2 Å². The predicted octanol–water partition coefficient (Wildman–Crippen LogP) is -0.311. The molecule has 0 spiro atoms. The summed E-state index contributed by atoms with van der Waals surface area (Å²) in [6.45, 7) is 0. The van der Waals surface area contributed by atoms with E-state index in [4.69, 9.17) is 0 Å². The SMILES string of the molecule is [Nd].[O]=[V](=[O])[O][Y]. The summed E-state index contributed by atoms with van der Waals surface area (Å²) in [7, 11) is 0. The van der Waals surface area contributed by atoms with E-state index in [-0.39, 0.29) is 40.8 Å². The maximum absolute atomic E-state index is 9.30. The van der Waals surface area contributed by atoms with E-state index < -0.39 is 15.4 Å². The number of hydrogen-bond donors (Lipinski definition) is 0. The predicted molar refractivity (Wildman–Crippen MR) is 2.46 cm³/mol. The molecule has 30 valence electrons. The van der Waals surface area contributed by atoms with Crippen LogP contribution in [0.3, 0.4) is 0 Å². The second-order valence-electron chi connectivity index (χ2n) is 0.329. The third kappa shape index (κ3) is 9.78. The Morgan fingerprint density at radius 2 is 1.67 bits per heavy atom. The van der Waals surface area contributed by atoms with Gasteiger partial charge in [0.15, 0.2) is 0 Å². The van der Waals surface area contributed by atoms with Gasteiger partial charge < -0.3 is 0 Å². The Kier molecular flexibility index (Phi) is 14.4. The van der Waals surface area contributed by atoms with Crippen LogP contribution in [0, 0.1) is 40.8 Å². The quantitative estimate of drug-likeness (QED) is 0.662. The molecule has 0 fully saturated rings. The van der Waals surface area contributed by atoms with Crippen LogP contribution >= 0.6 is 0 Å². The Balaban J connectivity index is 0. The third-order valence-corrected chi connectivity index (χ3v) is 2.10. The third-order valence-electron chi connectivity index (χ3n) is 0.0861. The molecule has 0 atom stereocenters. The van der Waals surface area contributed by atoms with Gasteiger partial charge in [-0.05, 0) is 0 Å². The molecule has 0 aromatic rings. The monoisotopic (exact) mass is 330 g/mol. The van der Waals surface area contributed by atoms with Crippen LogP contribution in [0.15, 0.2) is 0 Å². The molecule has 0 N–H and O–H groups in total. The van der Waals surface area contributed by atoms with Gasteiger partial charge in [0.25, 0.3) is 0 Å². The minimum absolute atomic E-state index is 0. The van der Waals surface area contributed by atoms with Gasteiger partial charge in [-0.15, -0.1) is 0 Å². The zero-order chi connectivity index (χ0) is 4.28. The molecule has 6 heteroatoms. The molecule has 0 radical (unpaired) electrons. The summed E-state index contributed by atoms with van der Waals surface area (Å²) in [6, 6.07) is 0. The fourth-order valence-electron chi connectivity index (χ4n) is 0. The summed E-state index contributed by atoms with van der Waals surface area (Å²) in [5.74, 6) is 0. The molecule has 0 aliphatic rings. The Morgan fingerprint density at radius 1 is 1.50 bits per heavy atom. The average molecular weight is 332 g/mol. The van der Waals surface area contributed by atoms with Crippen molar-refractivity contribution in [2.45, 2.75) is 0 Å². The zero-order valence-electron chi connectivity index (χ0n) is 2.75. The van der Waals surface area contributed by atoms with Gasteiger partial charge in [-0.3, -0.25) is 0 Å². The van der Waals surface area contributed by atoms with Gasteiger partial charge in [0.1, 0.15) is 0 Å². The van der Waals surface area contributed by atoms with Crippen molar-refractivity contribution in [1.82, 2.24) is 0 Å². The summed E-state index contributed by atoms with van der Waals surface area (Å²) in [4.78, 5) is 0. The first-order valence-corrected chi connectivity index (χ1v) is 3.65. The molecule has 0 saturated carbocycles. The Bertz CT molecular complexity index is 68.9. The molecule has 0 heterocycles. The van der Waals surface area contributed by atoms with Crippen LogP contribution in [-0.4, -0.2) is 0 Å². The molecule has 0 aromatic carbocycles. The van der Waals surface area contributed by atoms with E-state index in [0.29, 0.717) is 31.5 Å². The molecule has 0 bridgehead atoms. The van der Waals surface area contributed by atoms with E-state index in [1.807, 2.05) is 0 Å². The van der Waals surface area contributed by atoms with Crippen LogP contribution in [0.2, 0.25) is 0 Å². The van der Waals surface area contributed by atoms with Crippen LogP contribution in [0.5, 0.6) is 0 Å². The zero-order valence-corrected chi connectivity index (χ0v) is 10.2. The fraction of sp³-hybridized carbons (Fsp3) is 0. The van der Waals surface area contributed by atoms with Gasteiger partial charge in [-0.25, -0.2) is 0 Å². The maximum atomic E-state index is 9.30. The number of hydrogen-bond acceptors (Lipinski definition) is 3.